The van der Waals surface area contributed by atoms with Crippen LogP contribution in [0.2, 0.25) is 0 Å². The van der Waals surface area contributed by atoms with Gasteiger partial charge in [0.05, 0.1) is 11.1 Å². The zero-order valence-corrected chi connectivity index (χ0v) is 15.2. The van der Waals surface area contributed by atoms with Crippen LogP contribution >= 0.6 is 0 Å². The minimum Gasteiger partial charge on any atom is -0.299 e. The topological polar surface area (TPSA) is 140 Å². The van der Waals surface area contributed by atoms with Crippen LogP contribution < -0.4 is 16.7 Å². The normalized spacial score (nSPS) is 11.2. The molecule has 0 saturated heterocycles. The van der Waals surface area contributed by atoms with Crippen molar-refractivity contribution in [1.82, 2.24) is 19.1 Å². The molecule has 3 rings (SSSR count). The third kappa shape index (κ3) is 3.58. The second-order valence-electron chi connectivity index (χ2n) is 6.19. The standard InChI is InChI=1S/C17H17N7O4/c1-10(2)9-23-13-14(22(3)17(26)20-15(13)25)19-16(23)21-18-8-11-5-4-6-12(7-11)24(27)28/h4-8H,1,9H2,2-3H3,(H,19,21)(H,20,25,26). The van der Waals surface area contributed by atoms with Gasteiger partial charge in [0.1, 0.15) is 0 Å². The molecule has 2 N–H and O–H groups in total. The average Bonchev–Trinajstić information content (AvgIpc) is 2.98. The van der Waals surface area contributed by atoms with Gasteiger partial charge in [-0.2, -0.15) is 10.1 Å². The lowest BCUT2D eigenvalue weighted by atomic mass is 10.2. The van der Waals surface area contributed by atoms with Crippen molar-refractivity contribution in [3.8, 4) is 0 Å². The third-order valence-corrected chi connectivity index (χ3v) is 3.89. The monoisotopic (exact) mass is 383 g/mol. The van der Waals surface area contributed by atoms with Gasteiger partial charge in [-0.05, 0) is 6.92 Å². The number of hydrogen-bond donors (Lipinski definition) is 2. The molecule has 11 nitrogen and oxygen atoms in total. The Morgan fingerprint density at radius 1 is 1.46 bits per heavy atom. The van der Waals surface area contributed by atoms with Crippen LogP contribution in [-0.2, 0) is 13.6 Å². The fourth-order valence-electron chi connectivity index (χ4n) is 2.63. The number of fused-ring (bicyclic) bond motifs is 1. The lowest BCUT2D eigenvalue weighted by molar-refractivity contribution is -0.384. The van der Waals surface area contributed by atoms with Gasteiger partial charge >= 0.3 is 5.69 Å². The number of nitro benzene ring substituents is 1. The minimum absolute atomic E-state index is 0.0556. The molecular formula is C17H17N7O4. The number of anilines is 1. The summed E-state index contributed by atoms with van der Waals surface area (Å²) in [5, 5.41) is 14.9. The summed E-state index contributed by atoms with van der Waals surface area (Å²) in [5.41, 5.74) is 3.19. The van der Waals surface area contributed by atoms with Crippen LogP contribution in [0.1, 0.15) is 12.5 Å². The molecule has 0 amide bonds. The van der Waals surface area contributed by atoms with Crippen LogP contribution in [0.5, 0.6) is 0 Å². The lowest BCUT2D eigenvalue weighted by Gasteiger charge is -2.07. The van der Waals surface area contributed by atoms with Gasteiger partial charge in [0.2, 0.25) is 5.95 Å². The van der Waals surface area contributed by atoms with Gasteiger partial charge < -0.3 is 0 Å². The van der Waals surface area contributed by atoms with E-state index in [0.29, 0.717) is 5.56 Å². The molecule has 0 aliphatic rings. The summed E-state index contributed by atoms with van der Waals surface area (Å²) < 4.78 is 2.78. The van der Waals surface area contributed by atoms with Crippen LogP contribution in [0.15, 0.2) is 51.1 Å². The highest BCUT2D eigenvalue weighted by atomic mass is 16.6. The van der Waals surface area contributed by atoms with Crippen LogP contribution in [0.25, 0.3) is 11.2 Å². The highest BCUT2D eigenvalue weighted by Gasteiger charge is 2.17. The molecule has 3 aromatic rings. The number of allylic oxidation sites excluding steroid dienone is 1. The maximum Gasteiger partial charge on any atom is 0.329 e. The molecule has 0 bridgehead atoms. The van der Waals surface area contributed by atoms with Gasteiger partial charge in [0.15, 0.2) is 11.2 Å². The van der Waals surface area contributed by atoms with E-state index in [1.165, 1.54) is 30.0 Å². The second-order valence-corrected chi connectivity index (χ2v) is 6.19. The van der Waals surface area contributed by atoms with Crippen molar-refractivity contribution >= 4 is 29.0 Å². The summed E-state index contributed by atoms with van der Waals surface area (Å²) in [7, 11) is 1.49. The Hall–Kier alpha value is -4.02. The Labute approximate surface area is 157 Å². The van der Waals surface area contributed by atoms with E-state index in [1.807, 2.05) is 0 Å². The molecule has 0 fully saturated rings. The predicted octanol–water partition coefficient (Wildman–Crippen LogP) is 1.35. The number of hydrazone groups is 1. The molecular weight excluding hydrogens is 366 g/mol. The van der Waals surface area contributed by atoms with E-state index < -0.39 is 16.2 Å². The van der Waals surface area contributed by atoms with E-state index in [9.17, 15) is 19.7 Å². The van der Waals surface area contributed by atoms with Gasteiger partial charge in [0.25, 0.3) is 11.2 Å². The predicted molar refractivity (Wildman–Crippen MR) is 105 cm³/mol. The van der Waals surface area contributed by atoms with Crippen molar-refractivity contribution in [2.75, 3.05) is 5.43 Å². The van der Waals surface area contributed by atoms with E-state index in [-0.39, 0.29) is 29.3 Å². The molecule has 1 aromatic carbocycles. The van der Waals surface area contributed by atoms with Crippen molar-refractivity contribution in [1.29, 1.82) is 0 Å². The van der Waals surface area contributed by atoms with Gasteiger partial charge in [-0.25, -0.2) is 10.2 Å². The van der Waals surface area contributed by atoms with Crippen LogP contribution in [-0.4, -0.2) is 30.2 Å². The van der Waals surface area contributed by atoms with Crippen molar-refractivity contribution in [3.05, 3.63) is 72.9 Å². The minimum atomic E-state index is -0.580. The first kappa shape index (κ1) is 18.8. The Balaban J connectivity index is 2.02. The number of aromatic amines is 1. The fraction of sp³-hybridized carbons (Fsp3) is 0.176. The largest absolute Gasteiger partial charge is 0.329 e. The molecule has 28 heavy (non-hydrogen) atoms. The molecule has 0 atom stereocenters. The first-order valence-corrected chi connectivity index (χ1v) is 8.15. The van der Waals surface area contributed by atoms with E-state index in [1.54, 1.807) is 23.6 Å². The zero-order valence-electron chi connectivity index (χ0n) is 15.2. The molecule has 0 saturated carbocycles. The van der Waals surface area contributed by atoms with E-state index in [4.69, 9.17) is 0 Å². The molecule has 2 heterocycles. The molecule has 144 valence electrons. The third-order valence-electron chi connectivity index (χ3n) is 3.89. The summed E-state index contributed by atoms with van der Waals surface area (Å²) in [6.45, 7) is 5.92. The quantitative estimate of drug-likeness (QED) is 0.285. The second kappa shape index (κ2) is 7.31. The van der Waals surface area contributed by atoms with Crippen molar-refractivity contribution in [3.63, 3.8) is 0 Å². The molecule has 0 aliphatic heterocycles. The number of nitro groups is 1. The number of hydrogen-bond acceptors (Lipinski definition) is 7. The molecule has 0 spiro atoms. The SMILES string of the molecule is C=C(C)Cn1c(NN=Cc2cccc([N+](=O)[O-])c2)nc2c1c(=O)[nH]c(=O)n2C. The molecule has 0 unspecified atom stereocenters. The average molecular weight is 383 g/mol. The number of non-ortho nitro benzene ring substituents is 1. The number of aromatic nitrogens is 4. The number of benzene rings is 1. The number of nitrogens with one attached hydrogen (secondary N) is 2. The lowest BCUT2D eigenvalue weighted by Crippen LogP contribution is -2.29. The van der Waals surface area contributed by atoms with Gasteiger partial charge in [0, 0.05) is 31.3 Å². The van der Waals surface area contributed by atoms with Crippen LogP contribution in [0.4, 0.5) is 11.6 Å². The van der Waals surface area contributed by atoms with Crippen LogP contribution in [0.3, 0.4) is 0 Å². The van der Waals surface area contributed by atoms with E-state index in [0.717, 1.165) is 5.57 Å². The van der Waals surface area contributed by atoms with Gasteiger partial charge in [-0.15, -0.1) is 0 Å². The number of H-pyrrole nitrogens is 1. The summed E-state index contributed by atoms with van der Waals surface area (Å²) >= 11 is 0. The Bertz CT molecular complexity index is 1230. The molecule has 11 heteroatoms. The maximum absolute atomic E-state index is 12.3. The molecule has 0 radical (unpaired) electrons. The van der Waals surface area contributed by atoms with Crippen LogP contribution in [0, 0.1) is 10.1 Å². The van der Waals surface area contributed by atoms with Crippen molar-refractivity contribution < 1.29 is 4.92 Å². The Morgan fingerprint density at radius 2 is 2.21 bits per heavy atom. The summed E-state index contributed by atoms with van der Waals surface area (Å²) in [4.78, 5) is 41.0. The number of rotatable bonds is 6. The number of imidazole rings is 1. The number of nitrogens with zero attached hydrogens (tertiary/aromatic N) is 5. The van der Waals surface area contributed by atoms with E-state index >= 15 is 0 Å². The Kier molecular flexibility index (Phi) is 4.90. The van der Waals surface area contributed by atoms with E-state index in [2.05, 4.69) is 27.1 Å². The Morgan fingerprint density at radius 3 is 2.89 bits per heavy atom. The summed E-state index contributed by atoms with van der Waals surface area (Å²) in [5.74, 6) is 0.228. The maximum atomic E-state index is 12.3. The van der Waals surface area contributed by atoms with Gasteiger partial charge in [-0.3, -0.25) is 29.0 Å². The summed E-state index contributed by atoms with van der Waals surface area (Å²) in [6, 6.07) is 5.95. The zero-order chi connectivity index (χ0) is 20.4. The smallest absolute Gasteiger partial charge is 0.299 e. The first-order valence-electron chi connectivity index (χ1n) is 8.15. The van der Waals surface area contributed by atoms with Crippen molar-refractivity contribution in [2.45, 2.75) is 13.5 Å². The fourth-order valence-corrected chi connectivity index (χ4v) is 2.63. The van der Waals surface area contributed by atoms with Crippen molar-refractivity contribution in [2.24, 2.45) is 12.1 Å². The highest BCUT2D eigenvalue weighted by Crippen LogP contribution is 2.17. The number of aryl methyl sites for hydroxylation is 1. The molecule has 2 aromatic heterocycles. The first-order chi connectivity index (χ1) is 13.3. The summed E-state index contributed by atoms with van der Waals surface area (Å²) in [6.07, 6.45) is 1.39. The highest BCUT2D eigenvalue weighted by molar-refractivity contribution is 5.81. The van der Waals surface area contributed by atoms with Gasteiger partial charge in [-0.1, -0.05) is 24.3 Å². The molecule has 0 aliphatic carbocycles.